The molecule has 1 aromatic carbocycles. The first-order chi connectivity index (χ1) is 9.56. The van der Waals surface area contributed by atoms with Gasteiger partial charge in [-0.25, -0.2) is 0 Å². The maximum Gasteiger partial charge on any atom is 0.189 e. The molecular weight excluding hydrogens is 254 g/mol. The summed E-state index contributed by atoms with van der Waals surface area (Å²) in [5.74, 6) is -1.05. The largest absolute Gasteiger partial charge is 0.295 e. The van der Waals surface area contributed by atoms with Crippen molar-refractivity contribution in [1.29, 1.82) is 0 Å². The van der Waals surface area contributed by atoms with Crippen LogP contribution in [0.25, 0.3) is 0 Å². The third kappa shape index (κ3) is 3.59. The van der Waals surface area contributed by atoms with Gasteiger partial charge in [0.2, 0.25) is 0 Å². The zero-order valence-electron chi connectivity index (χ0n) is 11.2. The van der Waals surface area contributed by atoms with Gasteiger partial charge in [-0.3, -0.25) is 19.3 Å². The van der Waals surface area contributed by atoms with Crippen molar-refractivity contribution in [3.63, 3.8) is 0 Å². The highest BCUT2D eigenvalue weighted by Gasteiger charge is 2.21. The number of carbonyl (C=O) groups excluding carboxylic acids is 3. The molecule has 0 bridgehead atoms. The highest BCUT2D eigenvalue weighted by Crippen LogP contribution is 2.09. The van der Waals surface area contributed by atoms with Gasteiger partial charge in [0.25, 0.3) is 0 Å². The number of hydrogen-bond acceptors (Lipinski definition) is 4. The minimum Gasteiger partial charge on any atom is -0.295 e. The minimum atomic E-state index is -0.400. The number of carbonyl (C=O) groups is 3. The third-order valence-corrected chi connectivity index (χ3v) is 2.96. The van der Waals surface area contributed by atoms with Crippen LogP contribution in [0.1, 0.15) is 5.56 Å². The summed E-state index contributed by atoms with van der Waals surface area (Å²) in [6.45, 7) is 0.714. The smallest absolute Gasteiger partial charge is 0.189 e. The van der Waals surface area contributed by atoms with Gasteiger partial charge in [-0.15, -0.1) is 0 Å². The van der Waals surface area contributed by atoms with Crippen LogP contribution in [0, 0.1) is 0 Å². The van der Waals surface area contributed by atoms with Crippen molar-refractivity contribution in [3.8, 4) is 0 Å². The van der Waals surface area contributed by atoms with Crippen molar-refractivity contribution in [1.82, 2.24) is 4.90 Å². The lowest BCUT2D eigenvalue weighted by Gasteiger charge is -2.16. The number of nitrogens with zero attached hydrogens (tertiary/aromatic N) is 1. The number of benzene rings is 1. The molecule has 0 saturated heterocycles. The lowest BCUT2D eigenvalue weighted by atomic mass is 9.99. The van der Waals surface area contributed by atoms with Crippen molar-refractivity contribution < 1.29 is 14.4 Å². The van der Waals surface area contributed by atoms with Gasteiger partial charge in [-0.2, -0.15) is 0 Å². The zero-order chi connectivity index (χ0) is 14.5. The van der Waals surface area contributed by atoms with E-state index in [2.05, 4.69) is 0 Å². The highest BCUT2D eigenvalue weighted by molar-refractivity contribution is 6.30. The number of Topliss-reactive ketones (excluding diaryl/α,β-unsaturated/α-hetero) is 1. The van der Waals surface area contributed by atoms with Crippen LogP contribution in [0.2, 0.25) is 0 Å². The standard InChI is InChI=1S/C16H15NO3/c1-17(10-12-5-3-2-4-6-12)11-16(20)14-9-13(18)7-8-15(14)19/h2-9H,10-11H2,1H3. The molecule has 2 rings (SSSR count). The minimum absolute atomic E-state index is 0.0302. The van der Waals surface area contributed by atoms with Crippen molar-refractivity contribution in [2.24, 2.45) is 0 Å². The quantitative estimate of drug-likeness (QED) is 0.597. The second kappa shape index (κ2) is 6.21. The first-order valence-corrected chi connectivity index (χ1v) is 6.30. The highest BCUT2D eigenvalue weighted by atomic mass is 16.2. The van der Waals surface area contributed by atoms with Gasteiger partial charge in [0, 0.05) is 12.6 Å². The molecule has 0 fully saturated rings. The van der Waals surface area contributed by atoms with E-state index in [0.717, 1.165) is 17.7 Å². The zero-order valence-corrected chi connectivity index (χ0v) is 11.2. The van der Waals surface area contributed by atoms with Gasteiger partial charge in [0.05, 0.1) is 12.1 Å². The van der Waals surface area contributed by atoms with E-state index in [9.17, 15) is 14.4 Å². The van der Waals surface area contributed by atoms with Gasteiger partial charge >= 0.3 is 0 Å². The molecule has 0 spiro atoms. The second-order valence-corrected chi connectivity index (χ2v) is 4.74. The Kier molecular flexibility index (Phi) is 4.38. The number of allylic oxidation sites excluding steroid dienone is 3. The van der Waals surface area contributed by atoms with Crippen LogP contribution >= 0.6 is 0 Å². The number of ketones is 3. The third-order valence-electron chi connectivity index (χ3n) is 2.96. The van der Waals surface area contributed by atoms with Gasteiger partial charge in [0.1, 0.15) is 0 Å². The first-order valence-electron chi connectivity index (χ1n) is 6.30. The van der Waals surface area contributed by atoms with Crippen molar-refractivity contribution in [2.75, 3.05) is 13.6 Å². The lowest BCUT2D eigenvalue weighted by molar-refractivity contribution is -0.121. The number of rotatable bonds is 5. The van der Waals surface area contributed by atoms with Crippen LogP contribution in [0.15, 0.2) is 54.1 Å². The Labute approximate surface area is 117 Å². The SMILES string of the molecule is CN(CC(=O)C1=CC(=O)C=CC1=O)Cc1ccccc1. The van der Waals surface area contributed by atoms with E-state index in [1.165, 1.54) is 6.08 Å². The normalized spacial score (nSPS) is 14.6. The first kappa shape index (κ1) is 14.1. The molecule has 0 aromatic heterocycles. The van der Waals surface area contributed by atoms with Crippen LogP contribution in [0.5, 0.6) is 0 Å². The van der Waals surface area contributed by atoms with E-state index in [0.29, 0.717) is 6.54 Å². The lowest BCUT2D eigenvalue weighted by Crippen LogP contribution is -2.29. The molecule has 0 N–H and O–H groups in total. The van der Waals surface area contributed by atoms with Crippen LogP contribution < -0.4 is 0 Å². The fraction of sp³-hybridized carbons (Fsp3) is 0.188. The molecule has 0 amide bonds. The maximum absolute atomic E-state index is 12.0. The molecule has 0 saturated carbocycles. The van der Waals surface area contributed by atoms with E-state index >= 15 is 0 Å². The fourth-order valence-electron chi connectivity index (χ4n) is 2.01. The molecule has 4 heteroatoms. The Morgan fingerprint density at radius 1 is 1.10 bits per heavy atom. The molecule has 0 heterocycles. The molecule has 0 radical (unpaired) electrons. The molecule has 0 unspecified atom stereocenters. The van der Waals surface area contributed by atoms with Crippen molar-refractivity contribution in [3.05, 3.63) is 59.7 Å². The number of hydrogen-bond donors (Lipinski definition) is 0. The molecule has 1 aromatic rings. The summed E-state index contributed by atoms with van der Waals surface area (Å²) in [5.41, 5.74) is 1.06. The summed E-state index contributed by atoms with van der Waals surface area (Å²) >= 11 is 0. The van der Waals surface area contributed by atoms with Crippen LogP contribution in [-0.4, -0.2) is 35.8 Å². The molecule has 0 aliphatic heterocycles. The average molecular weight is 269 g/mol. The predicted octanol–water partition coefficient (Wildman–Crippen LogP) is 1.32. The van der Waals surface area contributed by atoms with Gasteiger partial charge < -0.3 is 0 Å². The van der Waals surface area contributed by atoms with Gasteiger partial charge in [0.15, 0.2) is 17.3 Å². The van der Waals surface area contributed by atoms with Crippen LogP contribution in [-0.2, 0) is 20.9 Å². The Balaban J connectivity index is 1.98. The average Bonchev–Trinajstić information content (AvgIpc) is 2.42. The fourth-order valence-corrected chi connectivity index (χ4v) is 2.01. The van der Waals surface area contributed by atoms with Crippen LogP contribution in [0.4, 0.5) is 0 Å². The molecule has 4 nitrogen and oxygen atoms in total. The molecule has 1 aliphatic carbocycles. The molecule has 102 valence electrons. The van der Waals surface area contributed by atoms with E-state index in [-0.39, 0.29) is 23.7 Å². The maximum atomic E-state index is 12.0. The molecular formula is C16H15NO3. The van der Waals surface area contributed by atoms with Gasteiger partial charge in [-0.05, 0) is 24.8 Å². The van der Waals surface area contributed by atoms with E-state index in [1.54, 1.807) is 7.05 Å². The van der Waals surface area contributed by atoms with Crippen molar-refractivity contribution >= 4 is 17.3 Å². The second-order valence-electron chi connectivity index (χ2n) is 4.74. The Bertz CT molecular complexity index is 599. The molecule has 0 atom stereocenters. The summed E-state index contributed by atoms with van der Waals surface area (Å²) in [7, 11) is 1.80. The van der Waals surface area contributed by atoms with Crippen molar-refractivity contribution in [2.45, 2.75) is 6.54 Å². The number of likely N-dealkylation sites (N-methyl/N-ethyl adjacent to an activating group) is 1. The molecule has 1 aliphatic rings. The summed E-state index contributed by atoms with van der Waals surface area (Å²) in [6, 6.07) is 9.73. The topological polar surface area (TPSA) is 54.5 Å². The van der Waals surface area contributed by atoms with E-state index in [1.807, 2.05) is 35.2 Å². The Morgan fingerprint density at radius 2 is 1.80 bits per heavy atom. The molecule has 20 heavy (non-hydrogen) atoms. The summed E-state index contributed by atoms with van der Waals surface area (Å²) < 4.78 is 0. The van der Waals surface area contributed by atoms with E-state index in [4.69, 9.17) is 0 Å². The van der Waals surface area contributed by atoms with Crippen LogP contribution in [0.3, 0.4) is 0 Å². The van der Waals surface area contributed by atoms with E-state index < -0.39 is 5.78 Å². The Hall–Kier alpha value is -2.33. The van der Waals surface area contributed by atoms with Gasteiger partial charge in [-0.1, -0.05) is 30.3 Å². The summed E-state index contributed by atoms with van der Waals surface area (Å²) in [4.78, 5) is 36.6. The summed E-state index contributed by atoms with van der Waals surface area (Å²) in [5, 5.41) is 0. The Morgan fingerprint density at radius 3 is 2.50 bits per heavy atom. The summed E-state index contributed by atoms with van der Waals surface area (Å²) in [6.07, 6.45) is 3.43. The monoisotopic (exact) mass is 269 g/mol. The predicted molar refractivity (Wildman–Crippen MR) is 75.0 cm³/mol.